The summed E-state index contributed by atoms with van der Waals surface area (Å²) in [5.41, 5.74) is 0.495. The average molecular weight is 291 g/mol. The fourth-order valence-corrected chi connectivity index (χ4v) is 3.56. The molecule has 2 fully saturated rings. The van der Waals surface area contributed by atoms with Crippen LogP contribution in [0.5, 0.6) is 5.75 Å². The van der Waals surface area contributed by atoms with Crippen molar-refractivity contribution in [1.82, 2.24) is 4.90 Å². The lowest BCUT2D eigenvalue weighted by molar-refractivity contribution is -0.0766. The minimum atomic E-state index is -0.515. The molecule has 21 heavy (non-hydrogen) atoms. The van der Waals surface area contributed by atoms with Gasteiger partial charge in [-0.3, -0.25) is 4.90 Å². The second-order valence-electron chi connectivity index (χ2n) is 6.47. The van der Waals surface area contributed by atoms with Gasteiger partial charge in [0.15, 0.2) is 0 Å². The molecule has 116 valence electrons. The second kappa shape index (κ2) is 6.34. The van der Waals surface area contributed by atoms with Crippen molar-refractivity contribution in [3.63, 3.8) is 0 Å². The zero-order valence-electron chi connectivity index (χ0n) is 12.5. The molecule has 0 spiro atoms. The van der Waals surface area contributed by atoms with Crippen molar-refractivity contribution < 1.29 is 14.9 Å². The van der Waals surface area contributed by atoms with E-state index in [-0.39, 0.29) is 11.9 Å². The number of benzene rings is 1. The van der Waals surface area contributed by atoms with E-state index in [2.05, 4.69) is 4.90 Å². The van der Waals surface area contributed by atoms with Gasteiger partial charge in [0.25, 0.3) is 0 Å². The average Bonchev–Trinajstić information content (AvgIpc) is 2.48. The fourth-order valence-electron chi connectivity index (χ4n) is 3.56. The summed E-state index contributed by atoms with van der Waals surface area (Å²) in [6, 6.07) is 7.28. The fraction of sp³-hybridized carbons (Fsp3) is 0.647. The summed E-state index contributed by atoms with van der Waals surface area (Å²) in [4.78, 5) is 2.31. The maximum absolute atomic E-state index is 10.7. The van der Waals surface area contributed by atoms with E-state index in [1.165, 1.54) is 6.42 Å². The van der Waals surface area contributed by atoms with Crippen molar-refractivity contribution in [1.29, 1.82) is 0 Å². The molecule has 2 N–H and O–H groups in total. The quantitative estimate of drug-likeness (QED) is 0.898. The first kappa shape index (κ1) is 14.8. The lowest BCUT2D eigenvalue weighted by atomic mass is 9.84. The van der Waals surface area contributed by atoms with E-state index in [9.17, 15) is 10.2 Å². The normalized spacial score (nSPS) is 26.6. The summed E-state index contributed by atoms with van der Waals surface area (Å²) in [6.07, 6.45) is 5.34. The number of ether oxygens (including phenoxy) is 1. The highest BCUT2D eigenvalue weighted by molar-refractivity contribution is 5.29. The summed E-state index contributed by atoms with van der Waals surface area (Å²) in [7, 11) is 0. The van der Waals surface area contributed by atoms with E-state index in [4.69, 9.17) is 4.74 Å². The molecular weight excluding hydrogens is 266 g/mol. The van der Waals surface area contributed by atoms with E-state index in [1.54, 1.807) is 12.1 Å². The Kier molecular flexibility index (Phi) is 4.48. The van der Waals surface area contributed by atoms with Crippen LogP contribution in [-0.4, -0.2) is 47.0 Å². The van der Waals surface area contributed by atoms with Gasteiger partial charge in [0, 0.05) is 19.6 Å². The first-order chi connectivity index (χ1) is 10.1. The van der Waals surface area contributed by atoms with Gasteiger partial charge in [-0.05, 0) is 30.5 Å². The summed E-state index contributed by atoms with van der Waals surface area (Å²) in [6.45, 7) is 3.07. The van der Waals surface area contributed by atoms with E-state index in [1.807, 2.05) is 12.1 Å². The molecule has 1 aromatic rings. The van der Waals surface area contributed by atoms with Crippen molar-refractivity contribution in [2.24, 2.45) is 0 Å². The number of β-amino-alcohol motifs (C(OH)–C–C–N with tert-alkyl or cyclic N) is 1. The molecule has 0 radical (unpaired) electrons. The number of aromatic hydroxyl groups is 1. The monoisotopic (exact) mass is 291 g/mol. The number of aliphatic hydroxyl groups is 1. The van der Waals surface area contributed by atoms with Gasteiger partial charge in [-0.2, -0.15) is 0 Å². The molecule has 1 saturated heterocycles. The molecule has 2 aliphatic rings. The molecule has 1 heterocycles. The first-order valence-corrected chi connectivity index (χ1v) is 8.00. The maximum Gasteiger partial charge on any atom is 0.115 e. The largest absolute Gasteiger partial charge is 0.508 e. The third-order valence-corrected chi connectivity index (χ3v) is 4.69. The Labute approximate surface area is 126 Å². The summed E-state index contributed by atoms with van der Waals surface area (Å²) in [5, 5.41) is 20.3. The lowest BCUT2D eigenvalue weighted by Crippen LogP contribution is -2.49. The molecule has 3 rings (SSSR count). The molecule has 1 aromatic carbocycles. The lowest BCUT2D eigenvalue weighted by Gasteiger charge is -2.40. The number of hydrogen-bond acceptors (Lipinski definition) is 4. The molecule has 4 heteroatoms. The van der Waals surface area contributed by atoms with Crippen LogP contribution in [0.1, 0.15) is 43.8 Å². The minimum Gasteiger partial charge on any atom is -0.508 e. The van der Waals surface area contributed by atoms with Gasteiger partial charge >= 0.3 is 0 Å². The standard InChI is InChI=1S/C17H25NO3/c19-15-6-4-5-14(11-15)16-12-18(9-10-21-16)13-17(20)7-2-1-3-8-17/h4-6,11,16,19-20H,1-3,7-10,12-13H2. The van der Waals surface area contributed by atoms with Gasteiger partial charge < -0.3 is 14.9 Å². The zero-order chi connectivity index (χ0) is 14.7. The summed E-state index contributed by atoms with van der Waals surface area (Å²) in [5.74, 6) is 0.277. The molecule has 1 atom stereocenters. The van der Waals surface area contributed by atoms with E-state index in [0.29, 0.717) is 6.61 Å². The van der Waals surface area contributed by atoms with Crippen LogP contribution in [0, 0.1) is 0 Å². The van der Waals surface area contributed by atoms with Gasteiger partial charge in [0.05, 0.1) is 18.3 Å². The van der Waals surface area contributed by atoms with Crippen LogP contribution in [0.15, 0.2) is 24.3 Å². The highest BCUT2D eigenvalue weighted by Crippen LogP contribution is 2.31. The topological polar surface area (TPSA) is 52.9 Å². The van der Waals surface area contributed by atoms with Gasteiger partial charge in [0.2, 0.25) is 0 Å². The second-order valence-corrected chi connectivity index (χ2v) is 6.47. The molecule has 0 aromatic heterocycles. The van der Waals surface area contributed by atoms with Crippen molar-refractivity contribution in [2.75, 3.05) is 26.2 Å². The Morgan fingerprint density at radius 1 is 1.24 bits per heavy atom. The molecule has 4 nitrogen and oxygen atoms in total. The summed E-state index contributed by atoms with van der Waals surface area (Å²) >= 11 is 0. The number of nitrogens with zero attached hydrogens (tertiary/aromatic N) is 1. The number of hydrogen-bond donors (Lipinski definition) is 2. The molecule has 0 bridgehead atoms. The summed E-state index contributed by atoms with van der Waals surface area (Å²) < 4.78 is 5.84. The highest BCUT2D eigenvalue weighted by Gasteiger charge is 2.33. The minimum absolute atomic E-state index is 0.0157. The van der Waals surface area contributed by atoms with E-state index < -0.39 is 5.60 Å². The van der Waals surface area contributed by atoms with Crippen molar-refractivity contribution in [3.8, 4) is 5.75 Å². The van der Waals surface area contributed by atoms with Crippen molar-refractivity contribution in [3.05, 3.63) is 29.8 Å². The van der Waals surface area contributed by atoms with Gasteiger partial charge in [-0.25, -0.2) is 0 Å². The third-order valence-electron chi connectivity index (χ3n) is 4.69. The highest BCUT2D eigenvalue weighted by atomic mass is 16.5. The Bertz CT molecular complexity index is 471. The number of rotatable bonds is 3. The van der Waals surface area contributed by atoms with Crippen LogP contribution in [-0.2, 0) is 4.74 Å². The predicted molar refractivity (Wildman–Crippen MR) is 81.3 cm³/mol. The number of phenolic OH excluding ortho intramolecular Hbond substituents is 1. The molecular formula is C17H25NO3. The van der Waals surface area contributed by atoms with Gasteiger partial charge in [-0.1, -0.05) is 31.4 Å². The Hall–Kier alpha value is -1.10. The van der Waals surface area contributed by atoms with Gasteiger partial charge in [-0.15, -0.1) is 0 Å². The van der Waals surface area contributed by atoms with Crippen molar-refractivity contribution in [2.45, 2.75) is 43.8 Å². The van der Waals surface area contributed by atoms with Crippen LogP contribution < -0.4 is 0 Å². The maximum atomic E-state index is 10.7. The third kappa shape index (κ3) is 3.76. The predicted octanol–water partition coefficient (Wildman–Crippen LogP) is 2.46. The van der Waals surface area contributed by atoms with Gasteiger partial charge in [0.1, 0.15) is 5.75 Å². The first-order valence-electron chi connectivity index (χ1n) is 8.00. The molecule has 0 amide bonds. The SMILES string of the molecule is Oc1cccc(C2CN(CC3(O)CCCCC3)CCO2)c1. The van der Waals surface area contributed by atoms with Crippen LogP contribution in [0.3, 0.4) is 0 Å². The Morgan fingerprint density at radius 3 is 2.81 bits per heavy atom. The Balaban J connectivity index is 1.63. The van der Waals surface area contributed by atoms with E-state index >= 15 is 0 Å². The van der Waals surface area contributed by atoms with Crippen LogP contribution >= 0.6 is 0 Å². The molecule has 1 aliphatic heterocycles. The zero-order valence-corrected chi connectivity index (χ0v) is 12.5. The molecule has 1 saturated carbocycles. The van der Waals surface area contributed by atoms with Crippen molar-refractivity contribution >= 4 is 0 Å². The van der Waals surface area contributed by atoms with Crippen LogP contribution in [0.4, 0.5) is 0 Å². The van der Waals surface area contributed by atoms with Crippen LogP contribution in [0.25, 0.3) is 0 Å². The number of morpholine rings is 1. The molecule has 1 aliphatic carbocycles. The van der Waals surface area contributed by atoms with Crippen LogP contribution in [0.2, 0.25) is 0 Å². The number of phenols is 1. The van der Waals surface area contributed by atoms with E-state index in [0.717, 1.165) is 50.9 Å². The molecule has 1 unspecified atom stereocenters. The Morgan fingerprint density at radius 2 is 2.05 bits per heavy atom. The smallest absolute Gasteiger partial charge is 0.115 e.